The number of aliphatic hydroxyl groups excluding tert-OH is 1. The van der Waals surface area contributed by atoms with Crippen molar-refractivity contribution in [3.05, 3.63) is 33.8 Å². The van der Waals surface area contributed by atoms with Crippen molar-refractivity contribution in [1.29, 1.82) is 0 Å². The number of aliphatic hydroxyl groups is 1. The molecule has 0 aromatic heterocycles. The molecule has 1 aromatic rings. The molecule has 1 N–H and O–H groups in total. The molecular formula is C16H22Cl2N2O. The summed E-state index contributed by atoms with van der Waals surface area (Å²) in [5.74, 6) is 0. The molecule has 5 heteroatoms. The summed E-state index contributed by atoms with van der Waals surface area (Å²) in [6, 6.07) is 5.94. The first-order chi connectivity index (χ1) is 10.1. The Labute approximate surface area is 136 Å². The van der Waals surface area contributed by atoms with Crippen molar-refractivity contribution in [1.82, 2.24) is 9.80 Å². The topological polar surface area (TPSA) is 26.7 Å². The van der Waals surface area contributed by atoms with E-state index in [0.717, 1.165) is 18.7 Å². The highest BCUT2D eigenvalue weighted by atomic mass is 35.5. The van der Waals surface area contributed by atoms with E-state index in [2.05, 4.69) is 9.80 Å². The Hall–Kier alpha value is -0.320. The van der Waals surface area contributed by atoms with Gasteiger partial charge in [0.05, 0.1) is 6.10 Å². The van der Waals surface area contributed by atoms with Gasteiger partial charge >= 0.3 is 0 Å². The molecule has 0 unspecified atom stereocenters. The minimum absolute atomic E-state index is 0.579. The van der Waals surface area contributed by atoms with Crippen LogP contribution in [-0.4, -0.2) is 53.7 Å². The number of rotatable bonds is 3. The van der Waals surface area contributed by atoms with Gasteiger partial charge in [0.2, 0.25) is 0 Å². The van der Waals surface area contributed by atoms with Crippen LogP contribution in [0.25, 0.3) is 0 Å². The Morgan fingerprint density at radius 2 is 2.00 bits per heavy atom. The summed E-state index contributed by atoms with van der Waals surface area (Å²) < 4.78 is 0. The fraction of sp³-hybridized carbons (Fsp3) is 0.625. The van der Waals surface area contributed by atoms with E-state index in [1.54, 1.807) is 18.2 Å². The van der Waals surface area contributed by atoms with Gasteiger partial charge in [-0.3, -0.25) is 9.80 Å². The van der Waals surface area contributed by atoms with Gasteiger partial charge < -0.3 is 5.11 Å². The van der Waals surface area contributed by atoms with Gasteiger partial charge in [-0.2, -0.15) is 0 Å². The van der Waals surface area contributed by atoms with E-state index in [1.165, 1.54) is 32.4 Å². The third-order valence-corrected chi connectivity index (χ3v) is 5.22. The van der Waals surface area contributed by atoms with Gasteiger partial charge in [0.15, 0.2) is 0 Å². The second kappa shape index (κ2) is 6.84. The molecule has 3 rings (SSSR count). The van der Waals surface area contributed by atoms with Crippen LogP contribution in [0.2, 0.25) is 10.0 Å². The Morgan fingerprint density at radius 1 is 1.19 bits per heavy atom. The summed E-state index contributed by atoms with van der Waals surface area (Å²) in [5, 5.41) is 11.7. The lowest BCUT2D eigenvalue weighted by molar-refractivity contribution is 0.108. The number of hydrogen-bond acceptors (Lipinski definition) is 3. The van der Waals surface area contributed by atoms with E-state index in [9.17, 15) is 5.11 Å². The van der Waals surface area contributed by atoms with Crippen molar-refractivity contribution in [3.8, 4) is 0 Å². The van der Waals surface area contributed by atoms with Crippen molar-refractivity contribution < 1.29 is 5.11 Å². The molecule has 0 spiro atoms. The number of benzene rings is 1. The molecule has 21 heavy (non-hydrogen) atoms. The van der Waals surface area contributed by atoms with Gasteiger partial charge in [-0.05, 0) is 57.1 Å². The highest BCUT2D eigenvalue weighted by Gasteiger charge is 2.29. The molecule has 1 aromatic carbocycles. The largest absolute Gasteiger partial charge is 0.387 e. The normalized spacial score (nSPS) is 25.6. The fourth-order valence-corrected chi connectivity index (χ4v) is 3.99. The molecule has 2 heterocycles. The zero-order valence-corrected chi connectivity index (χ0v) is 13.7. The molecule has 0 saturated carbocycles. The highest BCUT2D eigenvalue weighted by Crippen LogP contribution is 2.28. The molecule has 0 amide bonds. The molecule has 0 aliphatic carbocycles. The van der Waals surface area contributed by atoms with E-state index >= 15 is 0 Å². The van der Waals surface area contributed by atoms with Crippen LogP contribution in [0.5, 0.6) is 0 Å². The number of hydrogen-bond donors (Lipinski definition) is 1. The summed E-state index contributed by atoms with van der Waals surface area (Å²) in [7, 11) is 0. The summed E-state index contributed by atoms with van der Waals surface area (Å²) in [6.45, 7) is 5.15. The molecule has 0 bridgehead atoms. The minimum Gasteiger partial charge on any atom is -0.387 e. The van der Waals surface area contributed by atoms with Crippen molar-refractivity contribution in [3.63, 3.8) is 0 Å². The molecule has 2 aliphatic rings. The van der Waals surface area contributed by atoms with Crippen LogP contribution >= 0.6 is 23.2 Å². The lowest BCUT2D eigenvalue weighted by Crippen LogP contribution is -2.38. The van der Waals surface area contributed by atoms with Crippen LogP contribution in [0, 0.1) is 0 Å². The molecule has 3 nitrogen and oxygen atoms in total. The Morgan fingerprint density at radius 3 is 2.86 bits per heavy atom. The SMILES string of the molecule is O[C@H](CN1CCCN2CCC[C@@H]2C1)c1cc(Cl)ccc1Cl. The monoisotopic (exact) mass is 328 g/mol. The fourth-order valence-electron chi connectivity index (χ4n) is 3.56. The third kappa shape index (κ3) is 3.72. The van der Waals surface area contributed by atoms with Crippen molar-refractivity contribution >= 4 is 23.2 Å². The predicted molar refractivity (Wildman–Crippen MR) is 87.1 cm³/mol. The summed E-state index contributed by atoms with van der Waals surface area (Å²) >= 11 is 12.2. The third-order valence-electron chi connectivity index (χ3n) is 4.64. The van der Waals surface area contributed by atoms with Crippen molar-refractivity contribution in [2.45, 2.75) is 31.4 Å². The Bertz CT molecular complexity index is 497. The second-order valence-electron chi connectivity index (χ2n) is 6.13. The van der Waals surface area contributed by atoms with E-state index in [1.807, 2.05) is 0 Å². The molecule has 2 fully saturated rings. The first-order valence-corrected chi connectivity index (χ1v) is 8.48. The van der Waals surface area contributed by atoms with Crippen LogP contribution < -0.4 is 0 Å². The first-order valence-electron chi connectivity index (χ1n) is 7.73. The number of β-amino-alcohol motifs (C(OH)–C–C–N with tert-alkyl or cyclic N) is 1. The molecule has 2 saturated heterocycles. The number of halogens is 2. The van der Waals surface area contributed by atoms with Crippen LogP contribution in [0.1, 0.15) is 30.9 Å². The van der Waals surface area contributed by atoms with Crippen molar-refractivity contribution in [2.24, 2.45) is 0 Å². The summed E-state index contributed by atoms with van der Waals surface area (Å²) in [6.07, 6.45) is 3.18. The van der Waals surface area contributed by atoms with E-state index in [-0.39, 0.29) is 0 Å². The predicted octanol–water partition coefficient (Wildman–Crippen LogP) is 3.20. The Kier molecular flexibility index (Phi) is 5.07. The second-order valence-corrected chi connectivity index (χ2v) is 6.97. The average Bonchev–Trinajstić information content (AvgIpc) is 2.80. The minimum atomic E-state index is -0.579. The molecule has 116 valence electrons. The Balaban J connectivity index is 1.66. The quantitative estimate of drug-likeness (QED) is 0.923. The maximum absolute atomic E-state index is 10.5. The van der Waals surface area contributed by atoms with Crippen LogP contribution in [0.4, 0.5) is 0 Å². The first kappa shape index (κ1) is 15.6. The van der Waals surface area contributed by atoms with Crippen LogP contribution in [0.15, 0.2) is 18.2 Å². The zero-order chi connectivity index (χ0) is 14.8. The number of fused-ring (bicyclic) bond motifs is 1. The highest BCUT2D eigenvalue weighted by molar-refractivity contribution is 6.33. The molecule has 2 aliphatic heterocycles. The van der Waals surface area contributed by atoms with Gasteiger partial charge in [0.1, 0.15) is 0 Å². The summed E-state index contributed by atoms with van der Waals surface area (Å²) in [4.78, 5) is 4.97. The lowest BCUT2D eigenvalue weighted by atomic mass is 10.1. The molecule has 0 radical (unpaired) electrons. The van der Waals surface area contributed by atoms with Crippen LogP contribution in [-0.2, 0) is 0 Å². The van der Waals surface area contributed by atoms with Crippen LogP contribution in [0.3, 0.4) is 0 Å². The van der Waals surface area contributed by atoms with E-state index in [4.69, 9.17) is 23.2 Å². The maximum Gasteiger partial charge on any atom is 0.0931 e. The zero-order valence-electron chi connectivity index (χ0n) is 12.1. The van der Waals surface area contributed by atoms with Gasteiger partial charge in [-0.15, -0.1) is 0 Å². The van der Waals surface area contributed by atoms with E-state index < -0.39 is 6.10 Å². The van der Waals surface area contributed by atoms with Gasteiger partial charge in [-0.1, -0.05) is 23.2 Å². The van der Waals surface area contributed by atoms with Crippen molar-refractivity contribution in [2.75, 3.05) is 32.7 Å². The lowest BCUT2D eigenvalue weighted by Gasteiger charge is -2.27. The average molecular weight is 329 g/mol. The summed E-state index contributed by atoms with van der Waals surface area (Å²) in [5.41, 5.74) is 0.733. The standard InChI is InChI=1S/C16H22Cl2N2O/c17-12-4-5-15(18)14(9-12)16(21)11-19-6-2-8-20-7-1-3-13(20)10-19/h4-5,9,13,16,21H,1-3,6-8,10-11H2/t13-,16-/m1/s1. The maximum atomic E-state index is 10.5. The number of nitrogens with zero attached hydrogens (tertiary/aromatic N) is 2. The van der Waals surface area contributed by atoms with Gasteiger partial charge in [0, 0.05) is 34.7 Å². The van der Waals surface area contributed by atoms with Gasteiger partial charge in [-0.25, -0.2) is 0 Å². The molecular weight excluding hydrogens is 307 g/mol. The van der Waals surface area contributed by atoms with Gasteiger partial charge in [0.25, 0.3) is 0 Å². The molecule has 2 atom stereocenters. The van der Waals surface area contributed by atoms with E-state index in [0.29, 0.717) is 22.6 Å². The smallest absolute Gasteiger partial charge is 0.0931 e.